The van der Waals surface area contributed by atoms with Gasteiger partial charge in [-0.1, -0.05) is 83.9 Å². The van der Waals surface area contributed by atoms with Gasteiger partial charge in [0.2, 0.25) is 0 Å². The lowest BCUT2D eigenvalue weighted by Crippen LogP contribution is -2.06. The zero-order valence-corrected chi connectivity index (χ0v) is 24.9. The largest absolute Gasteiger partial charge is 0.422 e. The molecule has 0 aliphatic heterocycles. The van der Waals surface area contributed by atoms with Crippen molar-refractivity contribution in [1.29, 1.82) is 0 Å². The van der Waals surface area contributed by atoms with Gasteiger partial charge in [-0.25, -0.2) is 9.59 Å². The summed E-state index contributed by atoms with van der Waals surface area (Å²) in [6.07, 6.45) is 0. The van der Waals surface area contributed by atoms with E-state index in [2.05, 4.69) is 50.2 Å². The molecule has 0 unspecified atom stereocenters. The van der Waals surface area contributed by atoms with Crippen LogP contribution in [0.4, 0.5) is 0 Å². The predicted octanol–water partition coefficient (Wildman–Crippen LogP) is 9.93. The molecule has 44 heavy (non-hydrogen) atoms. The van der Waals surface area contributed by atoms with Gasteiger partial charge in [0.15, 0.2) is 0 Å². The van der Waals surface area contributed by atoms with Crippen LogP contribution in [0.1, 0.15) is 22.3 Å². The molecule has 2 heterocycles. The molecule has 4 heteroatoms. The first-order valence-electron chi connectivity index (χ1n) is 14.7. The summed E-state index contributed by atoms with van der Waals surface area (Å²) >= 11 is 0. The maximum Gasteiger partial charge on any atom is 0.344 e. The van der Waals surface area contributed by atoms with Crippen molar-refractivity contribution in [3.05, 3.63) is 140 Å². The number of aryl methyl sites for hydroxylation is 4. The van der Waals surface area contributed by atoms with Crippen molar-refractivity contribution < 1.29 is 8.83 Å². The van der Waals surface area contributed by atoms with Crippen LogP contribution in [0, 0.1) is 27.7 Å². The Bertz CT molecular complexity index is 2450. The molecule has 8 aromatic rings. The van der Waals surface area contributed by atoms with E-state index in [0.29, 0.717) is 22.3 Å². The summed E-state index contributed by atoms with van der Waals surface area (Å²) in [5.41, 5.74) is 7.15. The van der Waals surface area contributed by atoms with Gasteiger partial charge in [-0.3, -0.25) is 0 Å². The monoisotopic (exact) mass is 572 g/mol. The fourth-order valence-corrected chi connectivity index (χ4v) is 6.79. The van der Waals surface area contributed by atoms with Crippen molar-refractivity contribution in [3.63, 3.8) is 0 Å². The predicted molar refractivity (Wildman–Crippen MR) is 181 cm³/mol. The second-order valence-corrected chi connectivity index (χ2v) is 11.9. The highest BCUT2D eigenvalue weighted by Crippen LogP contribution is 2.39. The molecular weight excluding hydrogens is 544 g/mol. The Balaban J connectivity index is 1.43. The van der Waals surface area contributed by atoms with Gasteiger partial charge in [0.1, 0.15) is 11.2 Å². The molecule has 0 aliphatic rings. The highest BCUT2D eigenvalue weighted by Gasteiger charge is 2.20. The van der Waals surface area contributed by atoms with E-state index in [1.54, 1.807) is 0 Å². The van der Waals surface area contributed by atoms with E-state index >= 15 is 0 Å². The maximum absolute atomic E-state index is 13.6. The van der Waals surface area contributed by atoms with E-state index in [1.165, 1.54) is 11.1 Å². The number of hydrogen-bond donors (Lipinski definition) is 0. The highest BCUT2D eigenvalue weighted by atomic mass is 16.4. The minimum atomic E-state index is -0.395. The average molecular weight is 573 g/mol. The first-order valence-corrected chi connectivity index (χ1v) is 14.7. The third-order valence-electron chi connectivity index (χ3n) is 8.93. The van der Waals surface area contributed by atoms with Gasteiger partial charge < -0.3 is 8.83 Å². The minimum absolute atomic E-state index is 0.395. The van der Waals surface area contributed by atoms with Crippen molar-refractivity contribution in [1.82, 2.24) is 0 Å². The first-order chi connectivity index (χ1) is 21.3. The lowest BCUT2D eigenvalue weighted by atomic mass is 9.88. The third kappa shape index (κ3) is 3.91. The maximum atomic E-state index is 13.6. The van der Waals surface area contributed by atoms with Gasteiger partial charge in [-0.2, -0.15) is 0 Å². The smallest absolute Gasteiger partial charge is 0.344 e. The molecule has 0 saturated heterocycles. The molecule has 0 N–H and O–H groups in total. The van der Waals surface area contributed by atoms with Gasteiger partial charge in [-0.15, -0.1) is 0 Å². The quantitative estimate of drug-likeness (QED) is 0.153. The van der Waals surface area contributed by atoms with Gasteiger partial charge in [-0.05, 0) is 107 Å². The van der Waals surface area contributed by atoms with Crippen molar-refractivity contribution in [2.75, 3.05) is 0 Å². The molecule has 212 valence electrons. The summed E-state index contributed by atoms with van der Waals surface area (Å²) in [6.45, 7) is 8.14. The van der Waals surface area contributed by atoms with Crippen LogP contribution in [-0.4, -0.2) is 0 Å². The fraction of sp³-hybridized carbons (Fsp3) is 0.100. The summed E-state index contributed by atoms with van der Waals surface area (Å²) in [5.74, 6) is 0. The van der Waals surface area contributed by atoms with Gasteiger partial charge in [0, 0.05) is 10.8 Å². The second kappa shape index (κ2) is 9.51. The molecular formula is C40H28O4. The third-order valence-corrected chi connectivity index (χ3v) is 8.93. The van der Waals surface area contributed by atoms with Crippen molar-refractivity contribution in [2.45, 2.75) is 27.7 Å². The van der Waals surface area contributed by atoms with Crippen LogP contribution in [0.15, 0.2) is 115 Å². The topological polar surface area (TPSA) is 60.4 Å². The average Bonchev–Trinajstić information content (AvgIpc) is 3.00. The molecule has 0 radical (unpaired) electrons. The Morgan fingerprint density at radius 3 is 1.25 bits per heavy atom. The molecule has 0 amide bonds. The van der Waals surface area contributed by atoms with E-state index in [0.717, 1.165) is 65.3 Å². The van der Waals surface area contributed by atoms with Crippen molar-refractivity contribution >= 4 is 54.3 Å². The van der Waals surface area contributed by atoms with Crippen LogP contribution in [0.25, 0.3) is 76.5 Å². The zero-order chi connectivity index (χ0) is 30.3. The van der Waals surface area contributed by atoms with E-state index in [1.807, 2.05) is 74.5 Å². The van der Waals surface area contributed by atoms with Crippen LogP contribution in [0.3, 0.4) is 0 Å². The van der Waals surface area contributed by atoms with E-state index in [-0.39, 0.29) is 0 Å². The molecule has 0 saturated carbocycles. The summed E-state index contributed by atoms with van der Waals surface area (Å²) in [4.78, 5) is 27.1. The number of rotatable bonds is 2. The molecule has 8 rings (SSSR count). The molecule has 0 bridgehead atoms. The van der Waals surface area contributed by atoms with Crippen molar-refractivity contribution in [3.8, 4) is 22.3 Å². The lowest BCUT2D eigenvalue weighted by molar-refractivity contribution is 0.563. The summed E-state index contributed by atoms with van der Waals surface area (Å²) in [5, 5.41) is 7.78. The summed E-state index contributed by atoms with van der Waals surface area (Å²) < 4.78 is 11.8. The van der Waals surface area contributed by atoms with Gasteiger partial charge >= 0.3 is 11.3 Å². The van der Waals surface area contributed by atoms with Gasteiger partial charge in [0.05, 0.1) is 11.1 Å². The van der Waals surface area contributed by atoms with Crippen molar-refractivity contribution in [2.24, 2.45) is 0 Å². The van der Waals surface area contributed by atoms with E-state index in [4.69, 9.17) is 8.83 Å². The number of fused-ring (bicyclic) bond motifs is 7. The molecule has 0 spiro atoms. The van der Waals surface area contributed by atoms with E-state index < -0.39 is 11.3 Å². The molecule has 0 atom stereocenters. The Morgan fingerprint density at radius 2 is 0.818 bits per heavy atom. The summed E-state index contributed by atoms with van der Waals surface area (Å²) in [7, 11) is 0. The highest BCUT2D eigenvalue weighted by molar-refractivity contribution is 6.11. The Kier molecular flexibility index (Phi) is 5.66. The van der Waals surface area contributed by atoms with Crippen LogP contribution in [-0.2, 0) is 0 Å². The molecule has 0 aliphatic carbocycles. The Hall–Kier alpha value is -5.48. The second-order valence-electron chi connectivity index (χ2n) is 11.9. The fourth-order valence-electron chi connectivity index (χ4n) is 6.79. The Labute approximate surface area is 252 Å². The number of hydrogen-bond acceptors (Lipinski definition) is 4. The normalized spacial score (nSPS) is 11.8. The van der Waals surface area contributed by atoms with Crippen LogP contribution in [0.2, 0.25) is 0 Å². The van der Waals surface area contributed by atoms with Crippen LogP contribution >= 0.6 is 0 Å². The molecule has 6 aromatic carbocycles. The minimum Gasteiger partial charge on any atom is -0.422 e. The standard InChI is InChI=1S/C40H28O4/c1-21-5-11-27-25(17-21)9-15-35-31(27)19-33(39(41)43-35)37-23(3)7-14-30-29(37)13-8-24(4)38(30)34-20-32-28-12-6-22(2)18-26(28)10-16-36(32)44-40(34)42/h5-20H,1-4H3. The first kappa shape index (κ1) is 26.2. The van der Waals surface area contributed by atoms with Crippen LogP contribution < -0.4 is 11.3 Å². The Morgan fingerprint density at radius 1 is 0.409 bits per heavy atom. The van der Waals surface area contributed by atoms with Gasteiger partial charge in [0.25, 0.3) is 0 Å². The molecule has 4 nitrogen and oxygen atoms in total. The molecule has 0 fully saturated rings. The lowest BCUT2D eigenvalue weighted by Gasteiger charge is -2.16. The summed E-state index contributed by atoms with van der Waals surface area (Å²) in [6, 6.07) is 32.3. The SMILES string of the molecule is Cc1ccc2c(ccc3oc(=O)c(-c4c(C)ccc5c(-c6cc7c(ccc8cc(C)ccc87)oc6=O)c(C)ccc45)cc32)c1. The number of benzene rings is 6. The van der Waals surface area contributed by atoms with Crippen LogP contribution in [0.5, 0.6) is 0 Å². The molecule has 2 aromatic heterocycles. The van der Waals surface area contributed by atoms with E-state index in [9.17, 15) is 9.59 Å². The zero-order valence-electron chi connectivity index (χ0n) is 24.9.